The van der Waals surface area contributed by atoms with Crippen molar-refractivity contribution in [1.82, 2.24) is 10.6 Å². The molecule has 23 heavy (non-hydrogen) atoms. The highest BCUT2D eigenvalue weighted by Gasteiger charge is 2.11. The molecule has 128 valence electrons. The largest absolute Gasteiger partial charge is 0.356 e. The Kier molecular flexibility index (Phi) is 8.26. The number of hydrogen-bond acceptors (Lipinski definition) is 2. The zero-order chi connectivity index (χ0) is 17.3. The molecule has 1 aromatic rings. The fourth-order valence-corrected chi connectivity index (χ4v) is 2.21. The predicted octanol–water partition coefficient (Wildman–Crippen LogP) is 1.44. The third-order valence-corrected chi connectivity index (χ3v) is 3.73. The molecule has 0 spiro atoms. The lowest BCUT2D eigenvalue weighted by Crippen LogP contribution is -2.94. The molecule has 0 aliphatic rings. The van der Waals surface area contributed by atoms with Crippen LogP contribution in [0.3, 0.4) is 0 Å². The molecule has 0 heterocycles. The molecule has 0 unspecified atom stereocenters. The maximum absolute atomic E-state index is 11.9. The van der Waals surface area contributed by atoms with Crippen molar-refractivity contribution in [1.29, 1.82) is 0 Å². The molecule has 0 radical (unpaired) electrons. The Hall–Kier alpha value is -1.40. The third kappa shape index (κ3) is 9.36. The van der Waals surface area contributed by atoms with Crippen molar-refractivity contribution < 1.29 is 14.9 Å². The van der Waals surface area contributed by atoms with E-state index in [0.29, 0.717) is 25.1 Å². The van der Waals surface area contributed by atoms with Crippen LogP contribution in [0.2, 0.25) is 0 Å². The number of nitrogens with two attached hydrogens (primary N) is 1. The Labute approximate surface area is 146 Å². The molecular formula is C17H27BrN3O2+. The average Bonchev–Trinajstić information content (AvgIpc) is 2.46. The third-order valence-electron chi connectivity index (χ3n) is 3.20. The molecular weight excluding hydrogens is 358 g/mol. The van der Waals surface area contributed by atoms with Crippen molar-refractivity contribution >= 4 is 27.7 Å². The summed E-state index contributed by atoms with van der Waals surface area (Å²) >= 11 is 3.33. The molecule has 0 aliphatic heterocycles. The quantitative estimate of drug-likeness (QED) is 0.593. The summed E-state index contributed by atoms with van der Waals surface area (Å²) in [7, 11) is 0. The van der Waals surface area contributed by atoms with Gasteiger partial charge in [0.05, 0.1) is 12.1 Å². The van der Waals surface area contributed by atoms with Gasteiger partial charge in [-0.2, -0.15) is 0 Å². The maximum Gasteiger partial charge on any atom is 0.251 e. The molecule has 0 saturated heterocycles. The first-order chi connectivity index (χ1) is 10.8. The predicted molar refractivity (Wildman–Crippen MR) is 95.3 cm³/mol. The van der Waals surface area contributed by atoms with E-state index < -0.39 is 0 Å². The lowest BCUT2D eigenvalue weighted by molar-refractivity contribution is -0.717. The molecule has 6 heteroatoms. The summed E-state index contributed by atoms with van der Waals surface area (Å²) in [5, 5.41) is 7.88. The molecule has 2 amide bonds. The highest BCUT2D eigenvalue weighted by Crippen LogP contribution is 2.10. The summed E-state index contributed by atoms with van der Waals surface area (Å²) in [5.41, 5.74) is 0.813. The van der Waals surface area contributed by atoms with Gasteiger partial charge in [0.1, 0.15) is 0 Å². The second-order valence-corrected chi connectivity index (χ2v) is 7.49. The van der Waals surface area contributed by atoms with E-state index in [-0.39, 0.29) is 17.4 Å². The summed E-state index contributed by atoms with van der Waals surface area (Å²) in [5.74, 6) is -0.193. The van der Waals surface area contributed by atoms with E-state index in [1.807, 2.05) is 12.1 Å². The molecule has 0 aliphatic carbocycles. The minimum atomic E-state index is -0.162. The summed E-state index contributed by atoms with van der Waals surface area (Å²) in [6.45, 7) is 8.50. The maximum atomic E-state index is 11.9. The number of rotatable bonds is 8. The number of amides is 2. The van der Waals surface area contributed by atoms with Gasteiger partial charge in [-0.25, -0.2) is 0 Å². The fourth-order valence-electron chi connectivity index (χ4n) is 1.95. The number of carbonyl (C=O) groups is 2. The van der Waals surface area contributed by atoms with Crippen LogP contribution in [0.1, 0.15) is 44.0 Å². The van der Waals surface area contributed by atoms with Crippen LogP contribution in [-0.4, -0.2) is 37.0 Å². The van der Waals surface area contributed by atoms with Crippen LogP contribution in [-0.2, 0) is 4.79 Å². The number of benzene rings is 1. The molecule has 4 N–H and O–H groups in total. The van der Waals surface area contributed by atoms with Crippen LogP contribution >= 0.6 is 15.9 Å². The van der Waals surface area contributed by atoms with Crippen LogP contribution < -0.4 is 16.0 Å². The molecule has 5 nitrogen and oxygen atoms in total. The second-order valence-electron chi connectivity index (χ2n) is 6.58. The van der Waals surface area contributed by atoms with Gasteiger partial charge in [0.15, 0.2) is 0 Å². The van der Waals surface area contributed by atoms with E-state index in [1.54, 1.807) is 12.1 Å². The average molecular weight is 385 g/mol. The summed E-state index contributed by atoms with van der Waals surface area (Å²) in [4.78, 5) is 23.6. The topological polar surface area (TPSA) is 74.8 Å². The Morgan fingerprint density at radius 2 is 1.74 bits per heavy atom. The number of nitrogens with one attached hydrogen (secondary N) is 2. The fraction of sp³-hybridized carbons (Fsp3) is 0.529. The SMILES string of the molecule is CC(C)(C)[NH2+]CCCNC(=O)CCNC(=O)c1ccc(Br)cc1. The van der Waals surface area contributed by atoms with Gasteiger partial charge < -0.3 is 16.0 Å². The van der Waals surface area contributed by atoms with Gasteiger partial charge in [-0.3, -0.25) is 9.59 Å². The Bertz CT molecular complexity index is 510. The van der Waals surface area contributed by atoms with Gasteiger partial charge in [0.25, 0.3) is 5.91 Å². The first kappa shape index (κ1) is 19.6. The normalized spacial score (nSPS) is 11.1. The smallest absolute Gasteiger partial charge is 0.251 e. The lowest BCUT2D eigenvalue weighted by atomic mass is 10.1. The molecule has 0 saturated carbocycles. The summed E-state index contributed by atoms with van der Waals surface area (Å²) in [6.07, 6.45) is 1.24. The highest BCUT2D eigenvalue weighted by molar-refractivity contribution is 9.10. The van der Waals surface area contributed by atoms with E-state index in [1.165, 1.54) is 0 Å². The van der Waals surface area contributed by atoms with Gasteiger partial charge in [-0.1, -0.05) is 15.9 Å². The second kappa shape index (κ2) is 9.67. The molecule has 0 aromatic heterocycles. The van der Waals surface area contributed by atoms with Gasteiger partial charge >= 0.3 is 0 Å². The Morgan fingerprint density at radius 1 is 1.09 bits per heavy atom. The van der Waals surface area contributed by atoms with Crippen LogP contribution in [0.25, 0.3) is 0 Å². The van der Waals surface area contributed by atoms with Gasteiger partial charge in [-0.15, -0.1) is 0 Å². The van der Waals surface area contributed by atoms with Crippen molar-refractivity contribution in [3.63, 3.8) is 0 Å². The van der Waals surface area contributed by atoms with Crippen molar-refractivity contribution in [3.8, 4) is 0 Å². The first-order valence-electron chi connectivity index (χ1n) is 7.93. The molecule has 1 aromatic carbocycles. The minimum Gasteiger partial charge on any atom is -0.356 e. The first-order valence-corrected chi connectivity index (χ1v) is 8.72. The van der Waals surface area contributed by atoms with E-state index in [0.717, 1.165) is 17.4 Å². The van der Waals surface area contributed by atoms with Crippen LogP contribution in [0.5, 0.6) is 0 Å². The number of hydrogen-bond donors (Lipinski definition) is 3. The molecule has 1 rings (SSSR count). The van der Waals surface area contributed by atoms with Gasteiger partial charge in [-0.05, 0) is 45.0 Å². The molecule has 0 fully saturated rings. The van der Waals surface area contributed by atoms with Gasteiger partial charge in [0.2, 0.25) is 5.91 Å². The standard InChI is InChI=1S/C17H26BrN3O2/c1-17(2,3)21-11-4-10-19-15(22)9-12-20-16(23)13-5-7-14(18)8-6-13/h5-8,21H,4,9-12H2,1-3H3,(H,19,22)(H,20,23)/p+1. The van der Waals surface area contributed by atoms with Crippen molar-refractivity contribution in [2.75, 3.05) is 19.6 Å². The molecule has 0 atom stereocenters. The van der Waals surface area contributed by atoms with Gasteiger partial charge in [0, 0.05) is 36.0 Å². The van der Waals surface area contributed by atoms with Crippen molar-refractivity contribution in [2.45, 2.75) is 39.2 Å². The van der Waals surface area contributed by atoms with E-state index in [9.17, 15) is 9.59 Å². The Morgan fingerprint density at radius 3 is 2.35 bits per heavy atom. The zero-order valence-electron chi connectivity index (χ0n) is 14.1. The van der Waals surface area contributed by atoms with Crippen LogP contribution in [0.4, 0.5) is 0 Å². The summed E-state index contributed by atoms with van der Waals surface area (Å²) in [6, 6.07) is 7.11. The molecule has 0 bridgehead atoms. The van der Waals surface area contributed by atoms with Crippen molar-refractivity contribution in [3.05, 3.63) is 34.3 Å². The van der Waals surface area contributed by atoms with E-state index >= 15 is 0 Å². The highest BCUT2D eigenvalue weighted by atomic mass is 79.9. The minimum absolute atomic E-state index is 0.0307. The van der Waals surface area contributed by atoms with E-state index in [2.05, 4.69) is 52.7 Å². The Balaban J connectivity index is 2.12. The summed E-state index contributed by atoms with van der Waals surface area (Å²) < 4.78 is 0.928. The van der Waals surface area contributed by atoms with Crippen molar-refractivity contribution in [2.24, 2.45) is 0 Å². The van der Waals surface area contributed by atoms with Crippen LogP contribution in [0, 0.1) is 0 Å². The number of quaternary nitrogens is 1. The number of halogens is 1. The lowest BCUT2D eigenvalue weighted by Gasteiger charge is -2.16. The number of carbonyl (C=O) groups excluding carboxylic acids is 2. The van der Waals surface area contributed by atoms with E-state index in [4.69, 9.17) is 0 Å². The zero-order valence-corrected chi connectivity index (χ0v) is 15.7. The monoisotopic (exact) mass is 384 g/mol. The van der Waals surface area contributed by atoms with Crippen LogP contribution in [0.15, 0.2) is 28.7 Å².